The Labute approximate surface area is 132 Å². The molecule has 1 saturated heterocycles. The fraction of sp³-hybridized carbons (Fsp3) is 0.500. The first kappa shape index (κ1) is 15.6. The maximum atomic E-state index is 12.7. The summed E-state index contributed by atoms with van der Waals surface area (Å²) in [5.41, 5.74) is 0.553. The number of amides is 1. The Morgan fingerprint density at radius 2 is 2.35 bits per heavy atom. The van der Waals surface area contributed by atoms with Crippen LogP contribution in [0.4, 0.5) is 0 Å². The van der Waals surface area contributed by atoms with Crippen LogP contribution in [0, 0.1) is 0 Å². The van der Waals surface area contributed by atoms with Crippen molar-refractivity contribution < 1.29 is 14.3 Å². The van der Waals surface area contributed by atoms with Gasteiger partial charge in [-0.15, -0.1) is 11.6 Å². The monoisotopic (exact) mass is 361 g/mol. The molecule has 0 spiro atoms. The van der Waals surface area contributed by atoms with Gasteiger partial charge in [0.2, 0.25) is 0 Å². The summed E-state index contributed by atoms with van der Waals surface area (Å²) in [5.74, 6) is 0.888. The number of morpholine rings is 1. The van der Waals surface area contributed by atoms with Crippen LogP contribution in [0.15, 0.2) is 22.7 Å². The van der Waals surface area contributed by atoms with E-state index in [-0.39, 0.29) is 18.1 Å². The molecule has 1 aromatic rings. The second kappa shape index (κ2) is 6.78. The highest BCUT2D eigenvalue weighted by Crippen LogP contribution is 2.26. The molecule has 6 heteroatoms. The van der Waals surface area contributed by atoms with Gasteiger partial charge in [-0.2, -0.15) is 0 Å². The van der Waals surface area contributed by atoms with Gasteiger partial charge in [0, 0.05) is 11.0 Å². The van der Waals surface area contributed by atoms with Gasteiger partial charge in [0.1, 0.15) is 5.75 Å². The Balaban J connectivity index is 2.25. The van der Waals surface area contributed by atoms with E-state index in [0.29, 0.717) is 30.3 Å². The number of halogens is 2. The van der Waals surface area contributed by atoms with Gasteiger partial charge in [-0.3, -0.25) is 4.79 Å². The third-order valence-electron chi connectivity index (χ3n) is 3.33. The number of methoxy groups -OCH3 is 1. The molecule has 0 N–H and O–H groups in total. The molecule has 0 bridgehead atoms. The lowest BCUT2D eigenvalue weighted by atomic mass is 10.1. The van der Waals surface area contributed by atoms with E-state index < -0.39 is 0 Å². The molecule has 0 aromatic heterocycles. The molecule has 1 aliphatic rings. The molecule has 2 rings (SSSR count). The summed E-state index contributed by atoms with van der Waals surface area (Å²) in [6.45, 7) is 2.97. The second-order valence-electron chi connectivity index (χ2n) is 4.76. The van der Waals surface area contributed by atoms with E-state index in [2.05, 4.69) is 15.9 Å². The Bertz CT molecular complexity index is 497. The summed E-state index contributed by atoms with van der Waals surface area (Å²) in [4.78, 5) is 14.5. The van der Waals surface area contributed by atoms with E-state index in [1.165, 1.54) is 0 Å². The number of hydrogen-bond donors (Lipinski definition) is 0. The fourth-order valence-corrected chi connectivity index (χ4v) is 2.72. The molecule has 1 heterocycles. The predicted octanol–water partition coefficient (Wildman–Crippen LogP) is 2.93. The van der Waals surface area contributed by atoms with Crippen LogP contribution in [0.1, 0.15) is 17.3 Å². The maximum Gasteiger partial charge on any atom is 0.258 e. The molecule has 0 saturated carbocycles. The first-order chi connectivity index (χ1) is 9.56. The average Bonchev–Trinajstić information content (AvgIpc) is 2.47. The van der Waals surface area contributed by atoms with Gasteiger partial charge in [-0.25, -0.2) is 0 Å². The van der Waals surface area contributed by atoms with Gasteiger partial charge in [0.15, 0.2) is 0 Å². The summed E-state index contributed by atoms with van der Waals surface area (Å²) in [6.07, 6.45) is -0.113. The van der Waals surface area contributed by atoms with E-state index in [9.17, 15) is 4.79 Å². The SMILES string of the molecule is COc1cc(Br)ccc1C(=O)N1CC(CCl)OCC1C. The van der Waals surface area contributed by atoms with E-state index in [1.54, 1.807) is 24.1 Å². The molecule has 1 fully saturated rings. The standard InChI is InChI=1S/C14H17BrClNO3/c1-9-8-20-11(6-16)7-17(9)14(18)12-4-3-10(15)5-13(12)19-2/h3-5,9,11H,6-8H2,1-2H3. The molecule has 0 radical (unpaired) electrons. The summed E-state index contributed by atoms with van der Waals surface area (Å²) in [5, 5.41) is 0. The van der Waals surface area contributed by atoms with Crippen molar-refractivity contribution in [3.05, 3.63) is 28.2 Å². The third-order valence-corrected chi connectivity index (χ3v) is 4.17. The number of carbonyl (C=O) groups is 1. The Morgan fingerprint density at radius 3 is 3.00 bits per heavy atom. The topological polar surface area (TPSA) is 38.8 Å². The van der Waals surface area contributed by atoms with Crippen LogP contribution in [0.2, 0.25) is 0 Å². The van der Waals surface area contributed by atoms with E-state index in [4.69, 9.17) is 21.1 Å². The minimum Gasteiger partial charge on any atom is -0.496 e. The molecule has 2 atom stereocenters. The number of benzene rings is 1. The molecule has 1 aromatic carbocycles. The van der Waals surface area contributed by atoms with Crippen molar-refractivity contribution in [2.45, 2.75) is 19.1 Å². The Kier molecular flexibility index (Phi) is 5.29. The van der Waals surface area contributed by atoms with Gasteiger partial charge in [-0.1, -0.05) is 15.9 Å². The van der Waals surface area contributed by atoms with Crippen LogP contribution in [-0.2, 0) is 4.74 Å². The number of hydrogen-bond acceptors (Lipinski definition) is 3. The lowest BCUT2D eigenvalue weighted by Crippen LogP contribution is -2.51. The number of rotatable bonds is 3. The summed E-state index contributed by atoms with van der Waals surface area (Å²) >= 11 is 9.20. The van der Waals surface area contributed by atoms with Gasteiger partial charge in [0.05, 0.1) is 37.3 Å². The van der Waals surface area contributed by atoms with Crippen molar-refractivity contribution in [2.24, 2.45) is 0 Å². The molecule has 20 heavy (non-hydrogen) atoms. The normalized spacial score (nSPS) is 22.7. The summed E-state index contributed by atoms with van der Waals surface area (Å²) in [7, 11) is 1.56. The van der Waals surface area contributed by atoms with Crippen molar-refractivity contribution in [3.8, 4) is 5.75 Å². The first-order valence-corrected chi connectivity index (χ1v) is 7.71. The number of carbonyl (C=O) groups excluding carboxylic acids is 1. The third kappa shape index (κ3) is 3.27. The highest BCUT2D eigenvalue weighted by Gasteiger charge is 2.31. The van der Waals surface area contributed by atoms with E-state index in [0.717, 1.165) is 4.47 Å². The van der Waals surface area contributed by atoms with Gasteiger partial charge in [0.25, 0.3) is 5.91 Å². The lowest BCUT2D eigenvalue weighted by Gasteiger charge is -2.37. The summed E-state index contributed by atoms with van der Waals surface area (Å²) < 4.78 is 11.7. The number of alkyl halides is 1. The number of ether oxygens (including phenoxy) is 2. The smallest absolute Gasteiger partial charge is 0.258 e. The quantitative estimate of drug-likeness (QED) is 0.776. The minimum absolute atomic E-state index is 0.0234. The van der Waals surface area contributed by atoms with E-state index >= 15 is 0 Å². The Morgan fingerprint density at radius 1 is 1.60 bits per heavy atom. The molecule has 2 unspecified atom stereocenters. The van der Waals surface area contributed by atoms with Crippen LogP contribution in [-0.4, -0.2) is 49.1 Å². The van der Waals surface area contributed by atoms with Gasteiger partial charge < -0.3 is 14.4 Å². The van der Waals surface area contributed by atoms with Gasteiger partial charge in [-0.05, 0) is 25.1 Å². The number of nitrogens with zero attached hydrogens (tertiary/aromatic N) is 1. The molecule has 0 aliphatic carbocycles. The van der Waals surface area contributed by atoms with Crippen molar-refractivity contribution in [3.63, 3.8) is 0 Å². The largest absolute Gasteiger partial charge is 0.496 e. The minimum atomic E-state index is -0.113. The van der Waals surface area contributed by atoms with Crippen LogP contribution in [0.3, 0.4) is 0 Å². The van der Waals surface area contributed by atoms with Crippen molar-refractivity contribution in [2.75, 3.05) is 26.1 Å². The molecular weight excluding hydrogens is 346 g/mol. The highest BCUT2D eigenvalue weighted by atomic mass is 79.9. The van der Waals surface area contributed by atoms with Crippen LogP contribution >= 0.6 is 27.5 Å². The predicted molar refractivity (Wildman–Crippen MR) is 81.7 cm³/mol. The van der Waals surface area contributed by atoms with Crippen molar-refractivity contribution in [1.29, 1.82) is 0 Å². The first-order valence-electron chi connectivity index (χ1n) is 6.39. The van der Waals surface area contributed by atoms with Crippen LogP contribution < -0.4 is 4.74 Å². The molecule has 1 amide bonds. The van der Waals surface area contributed by atoms with E-state index in [1.807, 2.05) is 13.0 Å². The fourth-order valence-electron chi connectivity index (χ4n) is 2.19. The molecule has 110 valence electrons. The molecule has 1 aliphatic heterocycles. The highest BCUT2D eigenvalue weighted by molar-refractivity contribution is 9.10. The Hall–Kier alpha value is -0.780. The van der Waals surface area contributed by atoms with Crippen LogP contribution in [0.5, 0.6) is 5.75 Å². The zero-order valence-corrected chi connectivity index (χ0v) is 13.8. The zero-order chi connectivity index (χ0) is 14.7. The van der Waals surface area contributed by atoms with Crippen LogP contribution in [0.25, 0.3) is 0 Å². The van der Waals surface area contributed by atoms with Crippen molar-refractivity contribution in [1.82, 2.24) is 4.90 Å². The molecular formula is C14H17BrClNO3. The maximum absolute atomic E-state index is 12.7. The van der Waals surface area contributed by atoms with Gasteiger partial charge >= 0.3 is 0 Å². The summed E-state index contributed by atoms with van der Waals surface area (Å²) in [6, 6.07) is 5.41. The zero-order valence-electron chi connectivity index (χ0n) is 11.4. The lowest BCUT2D eigenvalue weighted by molar-refractivity contribution is -0.0372. The second-order valence-corrected chi connectivity index (χ2v) is 5.99. The average molecular weight is 363 g/mol. The van der Waals surface area contributed by atoms with Crippen molar-refractivity contribution >= 4 is 33.4 Å². The molecule has 4 nitrogen and oxygen atoms in total.